The van der Waals surface area contributed by atoms with E-state index < -0.39 is 0 Å². The van der Waals surface area contributed by atoms with Crippen molar-refractivity contribution < 1.29 is 4.74 Å². The van der Waals surface area contributed by atoms with Gasteiger partial charge in [0.05, 0.1) is 18.0 Å². The molecule has 2 aromatic carbocycles. The summed E-state index contributed by atoms with van der Waals surface area (Å²) in [6.45, 7) is 1.52. The van der Waals surface area contributed by atoms with Crippen LogP contribution in [0.25, 0.3) is 0 Å². The molecule has 2 aromatic rings. The molecule has 0 radical (unpaired) electrons. The summed E-state index contributed by atoms with van der Waals surface area (Å²) in [6, 6.07) is 17.4. The number of rotatable bonds is 9. The van der Waals surface area contributed by atoms with Crippen LogP contribution in [0.3, 0.4) is 0 Å². The van der Waals surface area contributed by atoms with Gasteiger partial charge >= 0.3 is 0 Å². The highest BCUT2D eigenvalue weighted by Gasteiger charge is 1.95. The van der Waals surface area contributed by atoms with Crippen LogP contribution in [0.4, 0.5) is 11.4 Å². The molecule has 0 aliphatic heterocycles. The van der Waals surface area contributed by atoms with Gasteiger partial charge in [-0.25, -0.2) is 0 Å². The van der Waals surface area contributed by atoms with E-state index in [9.17, 15) is 0 Å². The molecule has 0 heterocycles. The minimum Gasteiger partial charge on any atom is -0.494 e. The third kappa shape index (κ3) is 6.06. The largest absolute Gasteiger partial charge is 0.494 e. The van der Waals surface area contributed by atoms with Gasteiger partial charge in [-0.05, 0) is 55.8 Å². The number of benzene rings is 2. The van der Waals surface area contributed by atoms with Crippen LogP contribution in [0.15, 0.2) is 64.8 Å². The Morgan fingerprint density at radius 3 is 2.05 bits per heavy atom. The molecule has 4 nitrogen and oxygen atoms in total. The summed E-state index contributed by atoms with van der Waals surface area (Å²) in [5.41, 5.74) is 7.13. The van der Waals surface area contributed by atoms with Gasteiger partial charge < -0.3 is 10.5 Å². The molecule has 0 bridgehead atoms. The number of ether oxygens (including phenoxy) is 1. The molecule has 0 fully saturated rings. The summed E-state index contributed by atoms with van der Waals surface area (Å²) >= 11 is 0. The molecule has 0 aliphatic rings. The van der Waals surface area contributed by atoms with Crippen molar-refractivity contribution in [2.45, 2.75) is 25.7 Å². The van der Waals surface area contributed by atoms with E-state index in [0.29, 0.717) is 0 Å². The van der Waals surface area contributed by atoms with E-state index in [1.54, 1.807) is 0 Å². The lowest BCUT2D eigenvalue weighted by Crippen LogP contribution is -2.00. The highest BCUT2D eigenvalue weighted by atomic mass is 16.5. The molecule has 0 amide bonds. The lowest BCUT2D eigenvalue weighted by molar-refractivity contribution is 0.305. The van der Waals surface area contributed by atoms with Crippen LogP contribution >= 0.6 is 0 Å². The summed E-state index contributed by atoms with van der Waals surface area (Å²) < 4.78 is 5.70. The van der Waals surface area contributed by atoms with Crippen LogP contribution < -0.4 is 10.5 Å². The number of unbranched alkanes of at least 4 members (excludes halogenated alkanes) is 3. The second kappa shape index (κ2) is 9.68. The van der Waals surface area contributed by atoms with Crippen molar-refractivity contribution in [2.24, 2.45) is 16.0 Å². The fourth-order valence-electron chi connectivity index (χ4n) is 2.01. The summed E-state index contributed by atoms with van der Waals surface area (Å²) in [4.78, 5) is 0. The van der Waals surface area contributed by atoms with E-state index in [2.05, 4.69) is 10.2 Å². The van der Waals surface area contributed by atoms with Gasteiger partial charge in [0.25, 0.3) is 0 Å². The van der Waals surface area contributed by atoms with Gasteiger partial charge in [0.1, 0.15) is 5.75 Å². The lowest BCUT2D eigenvalue weighted by atomic mass is 10.2. The molecule has 4 heteroatoms. The Kier molecular flexibility index (Phi) is 7.12. The van der Waals surface area contributed by atoms with Gasteiger partial charge in [-0.3, -0.25) is 0 Å². The first kappa shape index (κ1) is 16.2. The maximum atomic E-state index is 5.70. The molecule has 0 saturated heterocycles. The summed E-state index contributed by atoms with van der Waals surface area (Å²) in [5, 5.41) is 8.39. The molecule has 2 rings (SSSR count). The zero-order valence-corrected chi connectivity index (χ0v) is 12.8. The predicted molar refractivity (Wildman–Crippen MR) is 90.1 cm³/mol. The Hall–Kier alpha value is -2.20. The van der Waals surface area contributed by atoms with Crippen molar-refractivity contribution in [1.82, 2.24) is 0 Å². The van der Waals surface area contributed by atoms with Crippen LogP contribution in [-0.4, -0.2) is 13.2 Å². The second-order valence-corrected chi connectivity index (χ2v) is 5.08. The lowest BCUT2D eigenvalue weighted by Gasteiger charge is -2.05. The molecular weight excluding hydrogens is 274 g/mol. The molecule has 0 aromatic heterocycles. The first-order chi connectivity index (χ1) is 10.9. The highest BCUT2D eigenvalue weighted by Crippen LogP contribution is 2.21. The molecule has 116 valence electrons. The summed E-state index contributed by atoms with van der Waals surface area (Å²) in [7, 11) is 0. The number of nitrogens with zero attached hydrogens (tertiary/aromatic N) is 2. The molecule has 0 aliphatic carbocycles. The Balaban J connectivity index is 1.74. The van der Waals surface area contributed by atoms with Crippen molar-refractivity contribution in [2.75, 3.05) is 13.2 Å². The van der Waals surface area contributed by atoms with Crippen molar-refractivity contribution in [1.29, 1.82) is 0 Å². The Morgan fingerprint density at radius 2 is 1.36 bits per heavy atom. The Labute approximate surface area is 132 Å². The van der Waals surface area contributed by atoms with Crippen LogP contribution in [0, 0.1) is 0 Å². The molecule has 0 unspecified atom stereocenters. The van der Waals surface area contributed by atoms with Gasteiger partial charge in [-0.1, -0.05) is 31.0 Å². The van der Waals surface area contributed by atoms with Crippen molar-refractivity contribution in [3.8, 4) is 5.75 Å². The fraction of sp³-hybridized carbons (Fsp3) is 0.333. The average Bonchev–Trinajstić information content (AvgIpc) is 2.58. The van der Waals surface area contributed by atoms with Gasteiger partial charge in [0.2, 0.25) is 0 Å². The van der Waals surface area contributed by atoms with Gasteiger partial charge in [0.15, 0.2) is 0 Å². The first-order valence-corrected chi connectivity index (χ1v) is 7.78. The maximum Gasteiger partial charge on any atom is 0.119 e. The standard InChI is InChI=1S/C18H23N3O/c19-14-6-1-2-7-15-22-18-12-10-17(11-13-18)21-20-16-8-4-3-5-9-16/h3-5,8-13H,1-2,6-7,14-15,19H2. The normalized spacial score (nSPS) is 11.0. The summed E-state index contributed by atoms with van der Waals surface area (Å²) in [5.74, 6) is 0.873. The zero-order chi connectivity index (χ0) is 15.5. The molecule has 0 atom stereocenters. The Bertz CT molecular complexity index is 552. The monoisotopic (exact) mass is 297 g/mol. The molecular formula is C18H23N3O. The first-order valence-electron chi connectivity index (χ1n) is 7.78. The number of hydrogen-bond acceptors (Lipinski definition) is 4. The predicted octanol–water partition coefficient (Wildman–Crippen LogP) is 5.00. The SMILES string of the molecule is NCCCCCCOc1ccc(N=Nc2ccccc2)cc1. The van der Waals surface area contributed by atoms with Crippen molar-refractivity contribution in [3.05, 3.63) is 54.6 Å². The van der Waals surface area contributed by atoms with Gasteiger partial charge in [-0.15, -0.1) is 0 Å². The van der Waals surface area contributed by atoms with E-state index in [4.69, 9.17) is 10.5 Å². The number of hydrogen-bond donors (Lipinski definition) is 1. The van der Waals surface area contributed by atoms with Gasteiger partial charge in [0, 0.05) is 0 Å². The highest BCUT2D eigenvalue weighted by molar-refractivity contribution is 5.42. The van der Waals surface area contributed by atoms with E-state index in [0.717, 1.165) is 43.1 Å². The topological polar surface area (TPSA) is 60.0 Å². The average molecular weight is 297 g/mol. The van der Waals surface area contributed by atoms with Crippen LogP contribution in [0.5, 0.6) is 5.75 Å². The van der Waals surface area contributed by atoms with Crippen LogP contribution in [0.2, 0.25) is 0 Å². The summed E-state index contributed by atoms with van der Waals surface area (Å²) in [6.07, 6.45) is 4.51. The third-order valence-electron chi connectivity index (χ3n) is 3.24. The van der Waals surface area contributed by atoms with Gasteiger partial charge in [-0.2, -0.15) is 10.2 Å². The molecule has 2 N–H and O–H groups in total. The molecule has 22 heavy (non-hydrogen) atoms. The maximum absolute atomic E-state index is 5.70. The van der Waals surface area contributed by atoms with Crippen LogP contribution in [-0.2, 0) is 0 Å². The molecule has 0 saturated carbocycles. The molecule has 0 spiro atoms. The van der Waals surface area contributed by atoms with E-state index in [1.165, 1.54) is 12.8 Å². The number of nitrogens with two attached hydrogens (primary N) is 1. The van der Waals surface area contributed by atoms with Crippen molar-refractivity contribution >= 4 is 11.4 Å². The van der Waals surface area contributed by atoms with Crippen molar-refractivity contribution in [3.63, 3.8) is 0 Å². The fourth-order valence-corrected chi connectivity index (χ4v) is 2.01. The Morgan fingerprint density at radius 1 is 0.727 bits per heavy atom. The van der Waals surface area contributed by atoms with Crippen LogP contribution in [0.1, 0.15) is 25.7 Å². The number of azo groups is 1. The quantitative estimate of drug-likeness (QED) is 0.523. The second-order valence-electron chi connectivity index (χ2n) is 5.08. The van der Waals surface area contributed by atoms with E-state index >= 15 is 0 Å². The third-order valence-corrected chi connectivity index (χ3v) is 3.24. The zero-order valence-electron chi connectivity index (χ0n) is 12.8. The minimum atomic E-state index is 0.745. The van der Waals surface area contributed by atoms with E-state index in [1.807, 2.05) is 54.6 Å². The smallest absolute Gasteiger partial charge is 0.119 e. The minimum absolute atomic E-state index is 0.745. The van der Waals surface area contributed by atoms with E-state index in [-0.39, 0.29) is 0 Å².